The summed E-state index contributed by atoms with van der Waals surface area (Å²) in [5.74, 6) is 2.27. The minimum Gasteiger partial charge on any atom is -0.493 e. The van der Waals surface area contributed by atoms with Gasteiger partial charge in [-0.25, -0.2) is 0 Å². The molecule has 0 spiro atoms. The molecule has 1 atom stereocenters. The minimum absolute atomic E-state index is 0. The highest BCUT2D eigenvalue weighted by Gasteiger charge is 2.24. The quantitative estimate of drug-likeness (QED) is 0.165. The zero-order valence-corrected chi connectivity index (χ0v) is 22.4. The summed E-state index contributed by atoms with van der Waals surface area (Å²) in [6.45, 7) is 11.1. The molecule has 1 aliphatic heterocycles. The summed E-state index contributed by atoms with van der Waals surface area (Å²) in [5.41, 5.74) is 1.15. The molecule has 1 heterocycles. The second-order valence-corrected chi connectivity index (χ2v) is 7.39. The van der Waals surface area contributed by atoms with Gasteiger partial charge in [0.1, 0.15) is 0 Å². The molecule has 9 heteroatoms. The molecule has 1 unspecified atom stereocenters. The number of benzene rings is 1. The largest absolute Gasteiger partial charge is 0.493 e. The van der Waals surface area contributed by atoms with Crippen LogP contribution in [0.4, 0.5) is 0 Å². The van der Waals surface area contributed by atoms with Crippen molar-refractivity contribution in [2.75, 3.05) is 73.4 Å². The summed E-state index contributed by atoms with van der Waals surface area (Å²) in [6, 6.07) is 6.23. The van der Waals surface area contributed by atoms with Gasteiger partial charge < -0.3 is 29.6 Å². The van der Waals surface area contributed by atoms with Crippen LogP contribution < -0.4 is 20.1 Å². The lowest BCUT2D eigenvalue weighted by atomic mass is 10.0. The molecule has 0 amide bonds. The molecule has 1 aromatic rings. The number of hydrogen-bond donors (Lipinski definition) is 2. The van der Waals surface area contributed by atoms with Crippen molar-refractivity contribution in [1.29, 1.82) is 0 Å². The van der Waals surface area contributed by atoms with Crippen molar-refractivity contribution in [1.82, 2.24) is 15.5 Å². The molecule has 2 rings (SSSR count). The minimum atomic E-state index is 0. The predicted molar refractivity (Wildman–Crippen MR) is 140 cm³/mol. The summed E-state index contributed by atoms with van der Waals surface area (Å²) < 4.78 is 22.1. The molecular formula is C23H41IN4O4. The molecule has 1 saturated heterocycles. The maximum Gasteiger partial charge on any atom is 0.191 e. The predicted octanol–water partition coefficient (Wildman–Crippen LogP) is 3.07. The van der Waals surface area contributed by atoms with E-state index < -0.39 is 0 Å². The Labute approximate surface area is 210 Å². The molecule has 0 radical (unpaired) electrons. The smallest absolute Gasteiger partial charge is 0.191 e. The summed E-state index contributed by atoms with van der Waals surface area (Å²) in [4.78, 5) is 7.30. The second-order valence-electron chi connectivity index (χ2n) is 7.39. The molecule has 0 bridgehead atoms. The maximum absolute atomic E-state index is 5.65. The lowest BCUT2D eigenvalue weighted by molar-refractivity contribution is 0.0179. The lowest BCUT2D eigenvalue weighted by Crippen LogP contribution is -2.42. The summed E-state index contributed by atoms with van der Waals surface area (Å²) in [5, 5.41) is 6.70. The normalized spacial score (nSPS) is 15.6. The zero-order valence-electron chi connectivity index (χ0n) is 20.0. The van der Waals surface area contributed by atoms with E-state index in [4.69, 9.17) is 23.9 Å². The highest BCUT2D eigenvalue weighted by Crippen LogP contribution is 2.32. The van der Waals surface area contributed by atoms with E-state index in [-0.39, 0.29) is 30.0 Å². The van der Waals surface area contributed by atoms with Crippen molar-refractivity contribution in [3.8, 4) is 11.5 Å². The first-order valence-corrected chi connectivity index (χ1v) is 11.4. The van der Waals surface area contributed by atoms with Crippen molar-refractivity contribution >= 4 is 29.9 Å². The molecular weight excluding hydrogens is 523 g/mol. The molecule has 1 aliphatic rings. The van der Waals surface area contributed by atoms with Gasteiger partial charge in [-0.2, -0.15) is 0 Å². The highest BCUT2D eigenvalue weighted by molar-refractivity contribution is 14.0. The van der Waals surface area contributed by atoms with E-state index in [0.29, 0.717) is 13.2 Å². The van der Waals surface area contributed by atoms with Crippen LogP contribution in [0.2, 0.25) is 0 Å². The fraction of sp³-hybridized carbons (Fsp3) is 0.696. The number of morpholine rings is 1. The summed E-state index contributed by atoms with van der Waals surface area (Å²) >= 11 is 0. The van der Waals surface area contributed by atoms with Crippen LogP contribution in [0.15, 0.2) is 23.2 Å². The van der Waals surface area contributed by atoms with Gasteiger partial charge in [0.2, 0.25) is 0 Å². The number of guanidine groups is 1. The second kappa shape index (κ2) is 17.2. The number of nitrogens with zero attached hydrogens (tertiary/aromatic N) is 2. The van der Waals surface area contributed by atoms with E-state index in [9.17, 15) is 0 Å². The number of aliphatic imine (C=N–C) groups is 1. The third-order valence-electron chi connectivity index (χ3n) is 5.23. The van der Waals surface area contributed by atoms with Gasteiger partial charge in [0.15, 0.2) is 17.5 Å². The number of nitrogens with one attached hydrogen (secondary N) is 2. The SMILES string of the molecule is CCCCOCCNC(=NCC(c1ccc(OC)c(OC)c1)N1CCOCC1)NCC.I. The van der Waals surface area contributed by atoms with E-state index in [1.165, 1.54) is 0 Å². The van der Waals surface area contributed by atoms with Crippen LogP contribution in [0, 0.1) is 0 Å². The molecule has 0 aliphatic carbocycles. The molecule has 0 saturated carbocycles. The monoisotopic (exact) mass is 564 g/mol. The first kappa shape index (κ1) is 28.7. The van der Waals surface area contributed by atoms with Crippen LogP contribution >= 0.6 is 24.0 Å². The number of ether oxygens (including phenoxy) is 4. The molecule has 8 nitrogen and oxygen atoms in total. The van der Waals surface area contributed by atoms with Crippen molar-refractivity contribution < 1.29 is 18.9 Å². The Morgan fingerprint density at radius 1 is 1.09 bits per heavy atom. The molecule has 1 fully saturated rings. The molecule has 1 aromatic carbocycles. The number of unbranched alkanes of at least 4 members (excludes halogenated alkanes) is 1. The van der Waals surface area contributed by atoms with Crippen LogP contribution in [0.3, 0.4) is 0 Å². The van der Waals surface area contributed by atoms with Crippen molar-refractivity contribution in [2.24, 2.45) is 4.99 Å². The van der Waals surface area contributed by atoms with Crippen LogP contribution in [0.5, 0.6) is 11.5 Å². The summed E-state index contributed by atoms with van der Waals surface area (Å²) in [7, 11) is 3.32. The van der Waals surface area contributed by atoms with Gasteiger partial charge in [0, 0.05) is 32.8 Å². The lowest BCUT2D eigenvalue weighted by Gasteiger charge is -2.34. The van der Waals surface area contributed by atoms with E-state index in [1.54, 1.807) is 14.2 Å². The fourth-order valence-corrected chi connectivity index (χ4v) is 3.49. The third kappa shape index (κ3) is 9.68. The summed E-state index contributed by atoms with van der Waals surface area (Å²) in [6.07, 6.45) is 2.25. The number of methoxy groups -OCH3 is 2. The van der Waals surface area contributed by atoms with Gasteiger partial charge in [-0.3, -0.25) is 9.89 Å². The Morgan fingerprint density at radius 2 is 1.84 bits per heavy atom. The third-order valence-corrected chi connectivity index (χ3v) is 5.23. The van der Waals surface area contributed by atoms with Crippen LogP contribution in [0.1, 0.15) is 38.3 Å². The van der Waals surface area contributed by atoms with Gasteiger partial charge >= 0.3 is 0 Å². The molecule has 0 aromatic heterocycles. The molecule has 32 heavy (non-hydrogen) atoms. The van der Waals surface area contributed by atoms with Gasteiger partial charge in [-0.15, -0.1) is 24.0 Å². The Morgan fingerprint density at radius 3 is 2.50 bits per heavy atom. The number of hydrogen-bond acceptors (Lipinski definition) is 6. The Kier molecular flexibility index (Phi) is 15.5. The van der Waals surface area contributed by atoms with Gasteiger partial charge in [-0.05, 0) is 31.0 Å². The first-order chi connectivity index (χ1) is 15.2. The van der Waals surface area contributed by atoms with E-state index in [0.717, 1.165) is 81.9 Å². The Balaban J connectivity index is 0.00000512. The van der Waals surface area contributed by atoms with Gasteiger partial charge in [-0.1, -0.05) is 19.4 Å². The molecule has 2 N–H and O–H groups in total. The Hall–Kier alpha value is -1.30. The van der Waals surface area contributed by atoms with Crippen molar-refractivity contribution in [3.63, 3.8) is 0 Å². The van der Waals surface area contributed by atoms with E-state index >= 15 is 0 Å². The van der Waals surface area contributed by atoms with Crippen molar-refractivity contribution in [2.45, 2.75) is 32.7 Å². The van der Waals surface area contributed by atoms with Crippen molar-refractivity contribution in [3.05, 3.63) is 23.8 Å². The number of rotatable bonds is 13. The zero-order chi connectivity index (χ0) is 22.3. The average Bonchev–Trinajstić information content (AvgIpc) is 2.81. The highest BCUT2D eigenvalue weighted by atomic mass is 127. The van der Waals surface area contributed by atoms with Gasteiger partial charge in [0.25, 0.3) is 0 Å². The standard InChI is InChI=1S/C23H40N4O4.HI/c1-5-7-13-30-14-10-25-23(24-6-2)26-18-20(27-11-15-31-16-12-27)19-8-9-21(28-3)22(17-19)29-4;/h8-9,17,20H,5-7,10-16,18H2,1-4H3,(H2,24,25,26);1H. The maximum atomic E-state index is 5.65. The van der Waals surface area contributed by atoms with E-state index in [2.05, 4.69) is 41.5 Å². The number of halogens is 1. The van der Waals surface area contributed by atoms with Gasteiger partial charge in [0.05, 0.1) is 46.6 Å². The topological polar surface area (TPSA) is 76.6 Å². The average molecular weight is 565 g/mol. The Bertz CT molecular complexity index is 657. The van der Waals surface area contributed by atoms with Crippen LogP contribution in [-0.4, -0.2) is 84.2 Å². The van der Waals surface area contributed by atoms with Crippen LogP contribution in [-0.2, 0) is 9.47 Å². The van der Waals surface area contributed by atoms with Crippen LogP contribution in [0.25, 0.3) is 0 Å². The van der Waals surface area contributed by atoms with E-state index in [1.807, 2.05) is 6.07 Å². The molecule has 184 valence electrons. The fourth-order valence-electron chi connectivity index (χ4n) is 3.49. The first-order valence-electron chi connectivity index (χ1n) is 11.4.